The van der Waals surface area contributed by atoms with Crippen LogP contribution in [0.3, 0.4) is 0 Å². The van der Waals surface area contributed by atoms with Crippen molar-refractivity contribution in [3.63, 3.8) is 0 Å². The molecule has 1 fully saturated rings. The number of pyridine rings is 2. The van der Waals surface area contributed by atoms with E-state index in [-0.39, 0.29) is 30.8 Å². The number of methoxy groups -OCH3 is 1. The lowest BCUT2D eigenvalue weighted by Gasteiger charge is -2.35. The highest BCUT2D eigenvalue weighted by Crippen LogP contribution is 2.33. The molecule has 1 atom stereocenters. The van der Waals surface area contributed by atoms with Gasteiger partial charge < -0.3 is 9.64 Å². The van der Waals surface area contributed by atoms with Gasteiger partial charge in [0.05, 0.1) is 36.6 Å². The normalized spacial score (nSPS) is 17.3. The van der Waals surface area contributed by atoms with Crippen molar-refractivity contribution in [2.24, 2.45) is 0 Å². The molecule has 0 aliphatic carbocycles. The van der Waals surface area contributed by atoms with Crippen molar-refractivity contribution in [1.29, 1.82) is 0 Å². The van der Waals surface area contributed by atoms with Gasteiger partial charge in [0.1, 0.15) is 11.4 Å². The fourth-order valence-corrected chi connectivity index (χ4v) is 3.65. The third-order valence-corrected chi connectivity index (χ3v) is 5.75. The molecule has 3 rings (SSSR count). The molecule has 7 nitrogen and oxygen atoms in total. The van der Waals surface area contributed by atoms with Gasteiger partial charge in [0.2, 0.25) is 0 Å². The minimum atomic E-state index is -4.64. The van der Waals surface area contributed by atoms with Crippen molar-refractivity contribution >= 4 is 17.5 Å². The zero-order valence-corrected chi connectivity index (χ0v) is 18.9. The van der Waals surface area contributed by atoms with E-state index >= 15 is 0 Å². The predicted molar refractivity (Wildman–Crippen MR) is 112 cm³/mol. The summed E-state index contributed by atoms with van der Waals surface area (Å²) in [7, 11) is 1.42. The number of halogens is 6. The van der Waals surface area contributed by atoms with Crippen LogP contribution >= 0.6 is 0 Å². The van der Waals surface area contributed by atoms with Crippen LogP contribution in [0.5, 0.6) is 0 Å². The van der Waals surface area contributed by atoms with Crippen molar-refractivity contribution < 1.29 is 40.7 Å². The fourth-order valence-electron chi connectivity index (χ4n) is 3.65. The Balaban J connectivity index is 1.79. The average molecular weight is 504 g/mol. The second kappa shape index (κ2) is 9.44. The first kappa shape index (κ1) is 26.4. The van der Waals surface area contributed by atoms with Crippen LogP contribution in [-0.2, 0) is 28.3 Å². The molecule has 0 spiro atoms. The zero-order chi connectivity index (χ0) is 26.2. The maximum absolute atomic E-state index is 13.2. The summed E-state index contributed by atoms with van der Waals surface area (Å²) in [5, 5.41) is 0. The number of aromatic nitrogens is 2. The van der Waals surface area contributed by atoms with Gasteiger partial charge >= 0.3 is 18.4 Å². The summed E-state index contributed by atoms with van der Waals surface area (Å²) in [5.74, 6) is -0.468. The zero-order valence-electron chi connectivity index (χ0n) is 18.9. The van der Waals surface area contributed by atoms with Crippen LogP contribution in [0.4, 0.5) is 36.8 Å². The first-order chi connectivity index (χ1) is 16.1. The highest BCUT2D eigenvalue weighted by atomic mass is 19.4. The van der Waals surface area contributed by atoms with Crippen molar-refractivity contribution in [1.82, 2.24) is 14.9 Å². The highest BCUT2D eigenvalue weighted by Gasteiger charge is 2.47. The monoisotopic (exact) mass is 504 g/mol. The summed E-state index contributed by atoms with van der Waals surface area (Å²) in [5.41, 5.74) is -2.78. The molecule has 2 aromatic rings. The number of hydrogen-bond acceptors (Lipinski definition) is 5. The maximum atomic E-state index is 13.2. The SMILES string of the molecule is COC(C)(C)[C@H]1CN(c2ccc(C(F)(F)F)nc2)C(=O)N1CC(=O)Cc1ccc(C(F)(F)F)nc1. The van der Waals surface area contributed by atoms with E-state index in [4.69, 9.17) is 4.74 Å². The number of carbonyl (C=O) groups is 2. The molecule has 1 aliphatic rings. The molecule has 0 unspecified atom stereocenters. The Morgan fingerprint density at radius 1 is 1.00 bits per heavy atom. The van der Waals surface area contributed by atoms with Crippen LogP contribution in [0.25, 0.3) is 0 Å². The van der Waals surface area contributed by atoms with Crippen LogP contribution < -0.4 is 4.90 Å². The largest absolute Gasteiger partial charge is 0.433 e. The number of hydrogen-bond donors (Lipinski definition) is 0. The van der Waals surface area contributed by atoms with Gasteiger partial charge in [0, 0.05) is 19.7 Å². The number of amides is 2. The van der Waals surface area contributed by atoms with Crippen LogP contribution in [-0.4, -0.2) is 58.5 Å². The van der Waals surface area contributed by atoms with Gasteiger partial charge in [-0.05, 0) is 37.6 Å². The van der Waals surface area contributed by atoms with Gasteiger partial charge in [0.25, 0.3) is 0 Å². The van der Waals surface area contributed by atoms with Crippen molar-refractivity contribution in [3.8, 4) is 0 Å². The summed E-state index contributed by atoms with van der Waals surface area (Å²) < 4.78 is 82.1. The van der Waals surface area contributed by atoms with Crippen molar-refractivity contribution in [3.05, 3.63) is 53.6 Å². The number of ether oxygens (including phenoxy) is 1. The Hall–Kier alpha value is -3.22. The molecule has 35 heavy (non-hydrogen) atoms. The number of urea groups is 1. The fraction of sp³-hybridized carbons (Fsp3) is 0.455. The highest BCUT2D eigenvalue weighted by molar-refractivity contribution is 5.97. The lowest BCUT2D eigenvalue weighted by molar-refractivity contribution is -0.142. The van der Waals surface area contributed by atoms with Gasteiger partial charge in [0.15, 0.2) is 5.78 Å². The van der Waals surface area contributed by atoms with Gasteiger partial charge in [-0.15, -0.1) is 0 Å². The number of anilines is 1. The van der Waals surface area contributed by atoms with Gasteiger partial charge in [-0.1, -0.05) is 6.07 Å². The van der Waals surface area contributed by atoms with E-state index in [0.29, 0.717) is 0 Å². The topological polar surface area (TPSA) is 75.6 Å². The summed E-state index contributed by atoms with van der Waals surface area (Å²) in [6, 6.07) is 2.47. The summed E-state index contributed by atoms with van der Waals surface area (Å²) >= 11 is 0. The minimum absolute atomic E-state index is 0.0157. The van der Waals surface area contributed by atoms with E-state index < -0.39 is 47.2 Å². The molecule has 1 aliphatic heterocycles. The van der Waals surface area contributed by atoms with E-state index in [0.717, 1.165) is 36.7 Å². The van der Waals surface area contributed by atoms with Crippen LogP contribution in [0.1, 0.15) is 30.8 Å². The van der Waals surface area contributed by atoms with Crippen molar-refractivity contribution in [2.75, 3.05) is 25.1 Å². The summed E-state index contributed by atoms with van der Waals surface area (Å²) in [6.07, 6.45) is -7.64. The minimum Gasteiger partial charge on any atom is -0.377 e. The van der Waals surface area contributed by atoms with Crippen molar-refractivity contribution in [2.45, 2.75) is 44.3 Å². The molecule has 0 N–H and O–H groups in total. The second-order valence-corrected chi connectivity index (χ2v) is 8.51. The number of Topliss-reactive ketones (excluding diaryl/α,β-unsaturated/α-hetero) is 1. The van der Waals surface area contributed by atoms with Crippen LogP contribution in [0.2, 0.25) is 0 Å². The van der Waals surface area contributed by atoms with E-state index in [2.05, 4.69) is 9.97 Å². The number of nitrogens with zero attached hydrogens (tertiary/aromatic N) is 4. The maximum Gasteiger partial charge on any atom is 0.433 e. The van der Waals surface area contributed by atoms with Gasteiger partial charge in [-0.3, -0.25) is 14.7 Å². The standard InChI is InChI=1S/C22H22F6N4O3/c1-20(2,35-3)18-12-31(14-5-7-17(30-10-14)22(26,27)28)19(34)32(18)11-15(33)8-13-4-6-16(29-9-13)21(23,24)25/h4-7,9-10,18H,8,11-12H2,1-3H3/t18-/m1/s1. The molecule has 0 aromatic carbocycles. The third-order valence-electron chi connectivity index (χ3n) is 5.75. The first-order valence-corrected chi connectivity index (χ1v) is 10.3. The Morgan fingerprint density at radius 2 is 1.57 bits per heavy atom. The summed E-state index contributed by atoms with van der Waals surface area (Å²) in [4.78, 5) is 35.0. The smallest absolute Gasteiger partial charge is 0.377 e. The first-order valence-electron chi connectivity index (χ1n) is 10.3. The molecule has 3 heterocycles. The van der Waals surface area contributed by atoms with E-state index in [1.165, 1.54) is 16.9 Å². The number of carbonyl (C=O) groups excluding carboxylic acids is 2. The second-order valence-electron chi connectivity index (χ2n) is 8.51. The average Bonchev–Trinajstić information content (AvgIpc) is 3.09. The molecule has 0 radical (unpaired) electrons. The molecular weight excluding hydrogens is 482 g/mol. The molecule has 1 saturated heterocycles. The van der Waals surface area contributed by atoms with Gasteiger partial charge in [-0.25, -0.2) is 9.78 Å². The van der Waals surface area contributed by atoms with E-state index in [1.54, 1.807) is 13.8 Å². The quantitative estimate of drug-likeness (QED) is 0.524. The lowest BCUT2D eigenvalue weighted by atomic mass is 9.97. The van der Waals surface area contributed by atoms with E-state index in [9.17, 15) is 35.9 Å². The number of rotatable bonds is 7. The number of ketones is 1. The molecule has 190 valence electrons. The predicted octanol–water partition coefficient (Wildman–Crippen LogP) is 4.36. The molecule has 2 aromatic heterocycles. The third kappa shape index (κ3) is 5.89. The molecular formula is C22H22F6N4O3. The molecule has 0 saturated carbocycles. The van der Waals surface area contributed by atoms with Crippen LogP contribution in [0.15, 0.2) is 36.7 Å². The Bertz CT molecular complexity index is 1070. The molecule has 0 bridgehead atoms. The number of alkyl halides is 6. The molecule has 2 amide bonds. The van der Waals surface area contributed by atoms with E-state index in [1.807, 2.05) is 0 Å². The summed E-state index contributed by atoms with van der Waals surface area (Å²) in [6.45, 7) is 3.01. The molecule has 13 heteroatoms. The lowest BCUT2D eigenvalue weighted by Crippen LogP contribution is -2.51. The van der Waals surface area contributed by atoms with Gasteiger partial charge in [-0.2, -0.15) is 26.3 Å². The Kier molecular flexibility index (Phi) is 7.12. The Morgan fingerprint density at radius 3 is 2.03 bits per heavy atom. The Labute approximate surface area is 196 Å². The van der Waals surface area contributed by atoms with Crippen LogP contribution in [0, 0.1) is 0 Å².